The molecule has 2 aromatic rings. The van der Waals surface area contributed by atoms with Crippen molar-refractivity contribution >= 4 is 27.6 Å². The molecular formula is C17H16FNO3S. The van der Waals surface area contributed by atoms with E-state index >= 15 is 0 Å². The Morgan fingerprint density at radius 3 is 2.39 bits per heavy atom. The van der Waals surface area contributed by atoms with E-state index in [4.69, 9.17) is 0 Å². The molecule has 0 spiro atoms. The average Bonchev–Trinajstić information content (AvgIpc) is 2.54. The van der Waals surface area contributed by atoms with E-state index in [1.165, 1.54) is 49.4 Å². The molecule has 0 unspecified atom stereocenters. The number of carbonyl (C=O) groups excluding carboxylic acids is 1. The van der Waals surface area contributed by atoms with Crippen molar-refractivity contribution in [1.29, 1.82) is 0 Å². The van der Waals surface area contributed by atoms with Gasteiger partial charge in [-0.05, 0) is 49.4 Å². The molecule has 0 heterocycles. The summed E-state index contributed by atoms with van der Waals surface area (Å²) >= 11 is 0. The highest BCUT2D eigenvalue weighted by Gasteiger charge is 2.07. The summed E-state index contributed by atoms with van der Waals surface area (Å²) in [6, 6.07) is 12.2. The van der Waals surface area contributed by atoms with E-state index < -0.39 is 15.8 Å². The largest absolute Gasteiger partial charge is 0.289 e. The fourth-order valence-corrected chi connectivity index (χ4v) is 2.47. The summed E-state index contributed by atoms with van der Waals surface area (Å²) in [7, 11) is -3.35. The predicted octanol–water partition coefficient (Wildman–Crippen LogP) is 3.48. The van der Waals surface area contributed by atoms with Gasteiger partial charge < -0.3 is 0 Å². The van der Waals surface area contributed by atoms with Crippen LogP contribution in [0.4, 0.5) is 10.1 Å². The molecule has 6 heteroatoms. The van der Waals surface area contributed by atoms with Crippen molar-refractivity contribution in [2.45, 2.75) is 6.92 Å². The van der Waals surface area contributed by atoms with Crippen molar-refractivity contribution in [3.05, 3.63) is 71.6 Å². The SMILES string of the molecule is CCS(=O)(=O)Nc1ccc(C(=O)C=Cc2ccccc2F)cc1. The quantitative estimate of drug-likeness (QED) is 0.650. The molecule has 2 rings (SSSR count). The van der Waals surface area contributed by atoms with Crippen LogP contribution >= 0.6 is 0 Å². The summed E-state index contributed by atoms with van der Waals surface area (Å²) in [6.07, 6.45) is 2.69. The molecule has 0 aliphatic heterocycles. The summed E-state index contributed by atoms with van der Waals surface area (Å²) in [6.45, 7) is 1.54. The highest BCUT2D eigenvalue weighted by Crippen LogP contribution is 2.14. The van der Waals surface area contributed by atoms with E-state index in [1.807, 2.05) is 0 Å². The van der Waals surface area contributed by atoms with Gasteiger partial charge in [0, 0.05) is 16.8 Å². The van der Waals surface area contributed by atoms with E-state index in [1.54, 1.807) is 18.2 Å². The van der Waals surface area contributed by atoms with Gasteiger partial charge in [-0.25, -0.2) is 12.8 Å². The van der Waals surface area contributed by atoms with E-state index in [-0.39, 0.29) is 11.5 Å². The van der Waals surface area contributed by atoms with Crippen LogP contribution in [0.25, 0.3) is 6.08 Å². The molecule has 0 aliphatic rings. The van der Waals surface area contributed by atoms with Crippen LogP contribution in [0.5, 0.6) is 0 Å². The number of sulfonamides is 1. The summed E-state index contributed by atoms with van der Waals surface area (Å²) in [5.41, 5.74) is 1.10. The minimum Gasteiger partial charge on any atom is -0.289 e. The minimum atomic E-state index is -3.35. The first-order valence-corrected chi connectivity index (χ1v) is 8.64. The monoisotopic (exact) mass is 333 g/mol. The maximum absolute atomic E-state index is 13.5. The second-order valence-electron chi connectivity index (χ2n) is 4.80. The Kier molecular flexibility index (Phi) is 5.28. The number of rotatable bonds is 6. The summed E-state index contributed by atoms with van der Waals surface area (Å²) in [4.78, 5) is 12.0. The number of hydrogen-bond acceptors (Lipinski definition) is 3. The zero-order valence-corrected chi connectivity index (χ0v) is 13.3. The molecule has 23 heavy (non-hydrogen) atoms. The van der Waals surface area contributed by atoms with Gasteiger partial charge in [-0.2, -0.15) is 0 Å². The van der Waals surface area contributed by atoms with E-state index in [0.29, 0.717) is 16.8 Å². The number of hydrogen-bond donors (Lipinski definition) is 1. The van der Waals surface area contributed by atoms with E-state index in [0.717, 1.165) is 0 Å². The molecule has 0 saturated heterocycles. The maximum Gasteiger partial charge on any atom is 0.232 e. The van der Waals surface area contributed by atoms with Crippen molar-refractivity contribution in [3.8, 4) is 0 Å². The first-order valence-electron chi connectivity index (χ1n) is 6.99. The normalized spacial score (nSPS) is 11.6. The zero-order valence-electron chi connectivity index (χ0n) is 12.5. The van der Waals surface area contributed by atoms with Gasteiger partial charge in [0.15, 0.2) is 5.78 Å². The van der Waals surface area contributed by atoms with Crippen molar-refractivity contribution in [2.24, 2.45) is 0 Å². The lowest BCUT2D eigenvalue weighted by Crippen LogP contribution is -2.14. The van der Waals surface area contributed by atoms with Crippen LogP contribution in [0.2, 0.25) is 0 Å². The van der Waals surface area contributed by atoms with Gasteiger partial charge in [0.05, 0.1) is 5.75 Å². The fraction of sp³-hybridized carbons (Fsp3) is 0.118. The Bertz CT molecular complexity index is 827. The molecule has 1 N–H and O–H groups in total. The van der Waals surface area contributed by atoms with Crippen LogP contribution in [0.15, 0.2) is 54.6 Å². The highest BCUT2D eigenvalue weighted by molar-refractivity contribution is 7.92. The van der Waals surface area contributed by atoms with Crippen molar-refractivity contribution in [2.75, 3.05) is 10.5 Å². The van der Waals surface area contributed by atoms with Gasteiger partial charge in [0.25, 0.3) is 0 Å². The van der Waals surface area contributed by atoms with Gasteiger partial charge >= 0.3 is 0 Å². The molecule has 0 atom stereocenters. The molecule has 0 aromatic heterocycles. The molecule has 0 amide bonds. The Morgan fingerprint density at radius 2 is 1.78 bits per heavy atom. The average molecular weight is 333 g/mol. The van der Waals surface area contributed by atoms with Crippen LogP contribution in [-0.2, 0) is 10.0 Å². The Hall–Kier alpha value is -2.47. The Labute approximate surface area is 134 Å². The molecule has 0 saturated carbocycles. The number of nitrogens with one attached hydrogen (secondary N) is 1. The summed E-state index contributed by atoms with van der Waals surface area (Å²) < 4.78 is 38.8. The lowest BCUT2D eigenvalue weighted by Gasteiger charge is -2.06. The van der Waals surface area contributed by atoms with Crippen LogP contribution in [0.1, 0.15) is 22.8 Å². The van der Waals surface area contributed by atoms with Crippen LogP contribution in [0, 0.1) is 5.82 Å². The van der Waals surface area contributed by atoms with Crippen molar-refractivity contribution < 1.29 is 17.6 Å². The molecule has 120 valence electrons. The standard InChI is InChI=1S/C17H16FNO3S/c1-2-23(21,22)19-15-10-7-14(8-11-15)17(20)12-9-13-5-3-4-6-16(13)18/h3-12,19H,2H2,1H3. The topological polar surface area (TPSA) is 63.2 Å². The van der Waals surface area contributed by atoms with E-state index in [2.05, 4.69) is 4.72 Å². The Morgan fingerprint density at radius 1 is 1.13 bits per heavy atom. The molecule has 0 bridgehead atoms. The second kappa shape index (κ2) is 7.19. The Balaban J connectivity index is 2.10. The lowest BCUT2D eigenvalue weighted by molar-refractivity contribution is 0.104. The number of benzene rings is 2. The predicted molar refractivity (Wildman–Crippen MR) is 89.3 cm³/mol. The first-order chi connectivity index (χ1) is 10.9. The number of allylic oxidation sites excluding steroid dienone is 1. The number of anilines is 1. The van der Waals surface area contributed by atoms with Gasteiger partial charge in [0.1, 0.15) is 5.82 Å². The van der Waals surface area contributed by atoms with Crippen molar-refractivity contribution in [1.82, 2.24) is 0 Å². The third kappa shape index (κ3) is 4.75. The van der Waals surface area contributed by atoms with Gasteiger partial charge in [-0.1, -0.05) is 18.2 Å². The molecule has 2 aromatic carbocycles. The van der Waals surface area contributed by atoms with E-state index in [9.17, 15) is 17.6 Å². The fourth-order valence-electron chi connectivity index (χ4n) is 1.83. The minimum absolute atomic E-state index is 0.0287. The third-order valence-corrected chi connectivity index (χ3v) is 4.45. The summed E-state index contributed by atoms with van der Waals surface area (Å²) in [5.74, 6) is -0.724. The van der Waals surface area contributed by atoms with Crippen LogP contribution in [-0.4, -0.2) is 20.0 Å². The van der Waals surface area contributed by atoms with Crippen LogP contribution in [0.3, 0.4) is 0 Å². The van der Waals surface area contributed by atoms with Gasteiger partial charge in [0.2, 0.25) is 10.0 Å². The molecule has 0 aliphatic carbocycles. The first kappa shape index (κ1) is 16.9. The second-order valence-corrected chi connectivity index (χ2v) is 6.81. The zero-order chi connectivity index (χ0) is 16.9. The highest BCUT2D eigenvalue weighted by atomic mass is 32.2. The number of halogens is 1. The van der Waals surface area contributed by atoms with Gasteiger partial charge in [-0.3, -0.25) is 9.52 Å². The smallest absolute Gasteiger partial charge is 0.232 e. The molecule has 4 nitrogen and oxygen atoms in total. The number of carbonyl (C=O) groups is 1. The van der Waals surface area contributed by atoms with Crippen molar-refractivity contribution in [3.63, 3.8) is 0 Å². The third-order valence-electron chi connectivity index (χ3n) is 3.14. The molecular weight excluding hydrogens is 317 g/mol. The lowest BCUT2D eigenvalue weighted by atomic mass is 10.1. The molecule has 0 radical (unpaired) electrons. The number of ketones is 1. The van der Waals surface area contributed by atoms with Crippen LogP contribution < -0.4 is 4.72 Å². The van der Waals surface area contributed by atoms with Gasteiger partial charge in [-0.15, -0.1) is 0 Å². The summed E-state index contributed by atoms with van der Waals surface area (Å²) in [5, 5.41) is 0. The molecule has 0 fully saturated rings. The maximum atomic E-state index is 13.5.